The fourth-order valence-corrected chi connectivity index (χ4v) is 2.66. The Balaban J connectivity index is 2.30. The Morgan fingerprint density at radius 1 is 1.04 bits per heavy atom. The third kappa shape index (κ3) is 2.95. The van der Waals surface area contributed by atoms with Crippen LogP contribution in [0.2, 0.25) is 0 Å². The van der Waals surface area contributed by atoms with E-state index in [4.69, 9.17) is 15.2 Å². The van der Waals surface area contributed by atoms with Crippen molar-refractivity contribution in [3.63, 3.8) is 0 Å². The predicted molar refractivity (Wildman–Crippen MR) is 95.1 cm³/mol. The first kappa shape index (κ1) is 16.3. The molecule has 0 aliphatic rings. The Morgan fingerprint density at radius 3 is 2.44 bits per heavy atom. The summed E-state index contributed by atoms with van der Waals surface area (Å²) in [6.45, 7) is 0. The van der Waals surface area contributed by atoms with Gasteiger partial charge in [0.2, 0.25) is 0 Å². The van der Waals surface area contributed by atoms with Crippen molar-refractivity contribution in [2.45, 2.75) is 0 Å². The summed E-state index contributed by atoms with van der Waals surface area (Å²) in [5.41, 5.74) is 9.20. The quantitative estimate of drug-likeness (QED) is 0.788. The third-order valence-electron chi connectivity index (χ3n) is 3.83. The minimum atomic E-state index is 0.164. The molecular weight excluding hydrogens is 316 g/mol. The van der Waals surface area contributed by atoms with E-state index in [1.807, 2.05) is 30.3 Å². The summed E-state index contributed by atoms with van der Waals surface area (Å²) < 4.78 is 10.9. The van der Waals surface area contributed by atoms with E-state index < -0.39 is 0 Å². The number of anilines is 1. The van der Waals surface area contributed by atoms with E-state index in [1.54, 1.807) is 32.7 Å². The highest BCUT2D eigenvalue weighted by atomic mass is 16.5. The van der Waals surface area contributed by atoms with Gasteiger partial charge in [-0.3, -0.25) is 4.98 Å². The maximum absolute atomic E-state index is 9.56. The van der Waals surface area contributed by atoms with Crippen LogP contribution in [0.15, 0.2) is 48.8 Å². The molecule has 0 spiro atoms. The standard InChI is InChI=1S/C19H16N4O2/c1-24-17-5-3-4-13(18(17)25-2)14-10-16(12-6-8-22-9-7-12)23-19(21)15(14)11-20/h3-10H,1-2H3,(H2,21,23). The van der Waals surface area contributed by atoms with Crippen LogP contribution in [0.1, 0.15) is 5.56 Å². The van der Waals surface area contributed by atoms with Crippen LogP contribution in [0.3, 0.4) is 0 Å². The zero-order valence-electron chi connectivity index (χ0n) is 13.9. The number of benzene rings is 1. The van der Waals surface area contributed by atoms with Crippen molar-refractivity contribution in [2.75, 3.05) is 20.0 Å². The molecule has 0 unspecified atom stereocenters. The Labute approximate surface area is 145 Å². The number of rotatable bonds is 4. The van der Waals surface area contributed by atoms with Crippen molar-refractivity contribution in [1.29, 1.82) is 5.26 Å². The SMILES string of the molecule is COc1cccc(-c2cc(-c3ccncc3)nc(N)c2C#N)c1OC. The van der Waals surface area contributed by atoms with Gasteiger partial charge in [-0.2, -0.15) is 5.26 Å². The van der Waals surface area contributed by atoms with Crippen LogP contribution in [-0.2, 0) is 0 Å². The first-order valence-electron chi connectivity index (χ1n) is 7.52. The Morgan fingerprint density at radius 2 is 1.80 bits per heavy atom. The van der Waals surface area contributed by atoms with Gasteiger partial charge in [0, 0.05) is 29.1 Å². The van der Waals surface area contributed by atoms with Crippen molar-refractivity contribution in [1.82, 2.24) is 9.97 Å². The Bertz CT molecular complexity index is 950. The summed E-state index contributed by atoms with van der Waals surface area (Å²) in [6.07, 6.45) is 3.36. The molecule has 0 fully saturated rings. The molecule has 0 aliphatic carbocycles. The highest BCUT2D eigenvalue weighted by Gasteiger charge is 2.18. The Hall–Kier alpha value is -3.59. The monoisotopic (exact) mass is 332 g/mol. The van der Waals surface area contributed by atoms with E-state index in [2.05, 4.69) is 16.0 Å². The van der Waals surface area contributed by atoms with E-state index >= 15 is 0 Å². The van der Waals surface area contributed by atoms with Gasteiger partial charge < -0.3 is 15.2 Å². The van der Waals surface area contributed by atoms with Crippen LogP contribution in [0.25, 0.3) is 22.4 Å². The van der Waals surface area contributed by atoms with E-state index in [9.17, 15) is 5.26 Å². The molecule has 6 heteroatoms. The molecule has 3 aromatic rings. The normalized spacial score (nSPS) is 10.1. The molecule has 0 saturated carbocycles. The van der Waals surface area contributed by atoms with Gasteiger partial charge in [-0.25, -0.2) is 4.98 Å². The second-order valence-corrected chi connectivity index (χ2v) is 5.20. The van der Waals surface area contributed by atoms with Crippen molar-refractivity contribution in [2.24, 2.45) is 0 Å². The second kappa shape index (κ2) is 6.89. The number of ether oxygens (including phenoxy) is 2. The number of methoxy groups -OCH3 is 2. The number of nitriles is 1. The van der Waals surface area contributed by atoms with Crippen LogP contribution in [0, 0.1) is 11.3 Å². The van der Waals surface area contributed by atoms with Crippen molar-refractivity contribution in [3.05, 3.63) is 54.4 Å². The number of nitrogens with zero attached hydrogens (tertiary/aromatic N) is 3. The molecule has 0 bridgehead atoms. The number of hydrogen-bond acceptors (Lipinski definition) is 6. The maximum Gasteiger partial charge on any atom is 0.168 e. The van der Waals surface area contributed by atoms with Gasteiger partial charge in [0.25, 0.3) is 0 Å². The zero-order valence-corrected chi connectivity index (χ0v) is 13.9. The molecule has 6 nitrogen and oxygen atoms in total. The van der Waals surface area contributed by atoms with Crippen LogP contribution in [0.4, 0.5) is 5.82 Å². The first-order valence-corrected chi connectivity index (χ1v) is 7.52. The van der Waals surface area contributed by atoms with Crippen LogP contribution in [0.5, 0.6) is 11.5 Å². The Kier molecular flexibility index (Phi) is 4.48. The molecule has 124 valence electrons. The summed E-state index contributed by atoms with van der Waals surface area (Å²) in [5.74, 6) is 1.27. The summed E-state index contributed by atoms with van der Waals surface area (Å²) in [7, 11) is 3.12. The van der Waals surface area contributed by atoms with Gasteiger partial charge in [-0.05, 0) is 24.3 Å². The highest BCUT2D eigenvalue weighted by molar-refractivity contribution is 5.84. The molecule has 0 radical (unpaired) electrons. The summed E-state index contributed by atoms with van der Waals surface area (Å²) in [5, 5.41) is 9.56. The van der Waals surface area contributed by atoms with Crippen LogP contribution in [-0.4, -0.2) is 24.2 Å². The van der Waals surface area contributed by atoms with Gasteiger partial charge >= 0.3 is 0 Å². The fourth-order valence-electron chi connectivity index (χ4n) is 2.66. The number of nitrogen functional groups attached to an aromatic ring is 1. The minimum absolute atomic E-state index is 0.164. The van der Waals surface area contributed by atoms with E-state index in [0.29, 0.717) is 33.9 Å². The molecular formula is C19H16N4O2. The lowest BCUT2D eigenvalue weighted by atomic mass is 9.97. The van der Waals surface area contributed by atoms with E-state index in [1.165, 1.54) is 0 Å². The van der Waals surface area contributed by atoms with E-state index in [-0.39, 0.29) is 5.82 Å². The molecule has 1 aromatic carbocycles. The van der Waals surface area contributed by atoms with Gasteiger partial charge in [0.05, 0.1) is 19.9 Å². The highest BCUT2D eigenvalue weighted by Crippen LogP contribution is 2.41. The smallest absolute Gasteiger partial charge is 0.168 e. The van der Waals surface area contributed by atoms with Crippen molar-refractivity contribution < 1.29 is 9.47 Å². The summed E-state index contributed by atoms with van der Waals surface area (Å²) >= 11 is 0. The molecule has 0 atom stereocenters. The van der Waals surface area contributed by atoms with Gasteiger partial charge in [0.15, 0.2) is 11.5 Å². The largest absolute Gasteiger partial charge is 0.493 e. The van der Waals surface area contributed by atoms with Crippen molar-refractivity contribution >= 4 is 5.82 Å². The van der Waals surface area contributed by atoms with Gasteiger partial charge in [-0.15, -0.1) is 0 Å². The molecule has 0 aliphatic heterocycles. The average Bonchev–Trinajstić information content (AvgIpc) is 2.67. The zero-order chi connectivity index (χ0) is 17.8. The van der Waals surface area contributed by atoms with Gasteiger partial charge in [0.1, 0.15) is 17.5 Å². The molecule has 0 saturated heterocycles. The third-order valence-corrected chi connectivity index (χ3v) is 3.83. The molecule has 0 amide bonds. The van der Waals surface area contributed by atoms with Crippen LogP contribution < -0.4 is 15.2 Å². The van der Waals surface area contributed by atoms with Gasteiger partial charge in [-0.1, -0.05) is 12.1 Å². The van der Waals surface area contributed by atoms with Crippen molar-refractivity contribution in [3.8, 4) is 40.0 Å². The molecule has 2 heterocycles. The lowest BCUT2D eigenvalue weighted by Crippen LogP contribution is -2.01. The summed E-state index contributed by atoms with van der Waals surface area (Å²) in [4.78, 5) is 8.36. The van der Waals surface area contributed by atoms with Crippen LogP contribution >= 0.6 is 0 Å². The number of hydrogen-bond donors (Lipinski definition) is 1. The molecule has 3 rings (SSSR count). The second-order valence-electron chi connectivity index (χ2n) is 5.20. The lowest BCUT2D eigenvalue weighted by molar-refractivity contribution is 0.356. The topological polar surface area (TPSA) is 94.0 Å². The lowest BCUT2D eigenvalue weighted by Gasteiger charge is -2.15. The fraction of sp³-hybridized carbons (Fsp3) is 0.105. The average molecular weight is 332 g/mol. The number of pyridine rings is 2. The summed E-state index contributed by atoms with van der Waals surface area (Å²) in [6, 6.07) is 13.1. The first-order chi connectivity index (χ1) is 12.2. The molecule has 2 N–H and O–H groups in total. The number of aromatic nitrogens is 2. The minimum Gasteiger partial charge on any atom is -0.493 e. The molecule has 25 heavy (non-hydrogen) atoms. The number of nitrogens with two attached hydrogens (primary N) is 1. The number of para-hydroxylation sites is 1. The maximum atomic E-state index is 9.56. The molecule has 2 aromatic heterocycles. The predicted octanol–water partition coefficient (Wildman–Crippen LogP) is 3.28. The van der Waals surface area contributed by atoms with E-state index in [0.717, 1.165) is 5.56 Å².